The summed E-state index contributed by atoms with van der Waals surface area (Å²) >= 11 is 0. The molecule has 0 amide bonds. The van der Waals surface area contributed by atoms with Crippen molar-refractivity contribution in [2.75, 3.05) is 38.2 Å². The highest BCUT2D eigenvalue weighted by atomic mass is 16.5. The Morgan fingerprint density at radius 1 is 1.03 bits per heavy atom. The number of anilines is 1. The highest BCUT2D eigenvalue weighted by molar-refractivity contribution is 5.55. The zero-order valence-electron chi connectivity index (χ0n) is 17.1. The van der Waals surface area contributed by atoms with Crippen molar-refractivity contribution in [3.8, 4) is 17.1 Å². The summed E-state index contributed by atoms with van der Waals surface area (Å²) in [4.78, 5) is 25.9. The van der Waals surface area contributed by atoms with Gasteiger partial charge in [0.25, 0.3) is 5.56 Å². The second kappa shape index (κ2) is 8.19. The van der Waals surface area contributed by atoms with Crippen LogP contribution in [0.25, 0.3) is 17.0 Å². The van der Waals surface area contributed by atoms with Gasteiger partial charge in [0, 0.05) is 44.0 Å². The van der Waals surface area contributed by atoms with Gasteiger partial charge in [0.15, 0.2) is 0 Å². The minimum Gasteiger partial charge on any atom is -0.497 e. The van der Waals surface area contributed by atoms with Crippen LogP contribution in [0.2, 0.25) is 0 Å². The molecule has 0 bridgehead atoms. The first-order valence-electron chi connectivity index (χ1n) is 10.1. The summed E-state index contributed by atoms with van der Waals surface area (Å²) in [5, 5.41) is 4.10. The molecular weight excluding hydrogens is 396 g/mol. The number of rotatable bonds is 5. The quantitative estimate of drug-likeness (QED) is 0.487. The standard InChI is InChI=1S/C22H22N6O3/c1-30-17-7-5-16(6-8-17)22-24-20(31-25-22)15-26-10-12-27(13-11-26)19-14-21(29)28-9-3-2-4-18(28)23-19/h2-9,14H,10-13,15H2,1H3. The minimum absolute atomic E-state index is 0.0695. The van der Waals surface area contributed by atoms with E-state index < -0.39 is 0 Å². The number of fused-ring (bicyclic) bond motifs is 1. The average Bonchev–Trinajstić information content (AvgIpc) is 3.28. The van der Waals surface area contributed by atoms with Crippen LogP contribution in [-0.4, -0.2) is 57.7 Å². The van der Waals surface area contributed by atoms with Gasteiger partial charge in [0.05, 0.1) is 13.7 Å². The van der Waals surface area contributed by atoms with Gasteiger partial charge in [-0.2, -0.15) is 4.98 Å². The molecule has 1 aromatic carbocycles. The van der Waals surface area contributed by atoms with E-state index in [1.54, 1.807) is 23.8 Å². The molecule has 1 fully saturated rings. The van der Waals surface area contributed by atoms with Gasteiger partial charge in [-0.05, 0) is 36.4 Å². The normalized spacial score (nSPS) is 14.8. The van der Waals surface area contributed by atoms with Gasteiger partial charge >= 0.3 is 0 Å². The molecule has 0 N–H and O–H groups in total. The highest BCUT2D eigenvalue weighted by Crippen LogP contribution is 2.20. The molecule has 31 heavy (non-hydrogen) atoms. The molecule has 4 aromatic rings. The molecule has 158 valence electrons. The van der Waals surface area contributed by atoms with Gasteiger partial charge in [0.2, 0.25) is 11.7 Å². The Balaban J connectivity index is 1.22. The Hall–Kier alpha value is -3.72. The molecular formula is C22H22N6O3. The van der Waals surface area contributed by atoms with E-state index in [2.05, 4.69) is 24.9 Å². The molecule has 3 aromatic heterocycles. The molecule has 4 heterocycles. The summed E-state index contributed by atoms with van der Waals surface area (Å²) in [6, 6.07) is 14.7. The molecule has 9 heteroatoms. The van der Waals surface area contributed by atoms with Crippen LogP contribution in [0, 0.1) is 0 Å². The first-order chi connectivity index (χ1) is 15.2. The van der Waals surface area contributed by atoms with E-state index in [1.807, 2.05) is 42.5 Å². The molecule has 0 unspecified atom stereocenters. The maximum atomic E-state index is 12.4. The summed E-state index contributed by atoms with van der Waals surface area (Å²) in [6.45, 7) is 3.76. The summed E-state index contributed by atoms with van der Waals surface area (Å²) in [5.74, 6) is 2.66. The molecule has 1 aliphatic heterocycles. The van der Waals surface area contributed by atoms with Crippen LogP contribution in [-0.2, 0) is 6.54 Å². The average molecular weight is 418 g/mol. The Bertz CT molecular complexity index is 1240. The van der Waals surface area contributed by atoms with Crippen molar-refractivity contribution < 1.29 is 9.26 Å². The second-order valence-electron chi connectivity index (χ2n) is 7.38. The maximum absolute atomic E-state index is 12.4. The number of ether oxygens (including phenoxy) is 1. The van der Waals surface area contributed by atoms with Crippen molar-refractivity contribution in [3.05, 3.63) is 71.0 Å². The monoisotopic (exact) mass is 418 g/mol. The Morgan fingerprint density at radius 2 is 1.84 bits per heavy atom. The van der Waals surface area contributed by atoms with Crippen LogP contribution in [0.4, 0.5) is 5.82 Å². The third-order valence-electron chi connectivity index (χ3n) is 5.43. The van der Waals surface area contributed by atoms with Crippen LogP contribution >= 0.6 is 0 Å². The molecule has 9 nitrogen and oxygen atoms in total. The van der Waals surface area contributed by atoms with Crippen molar-refractivity contribution in [1.82, 2.24) is 24.4 Å². The zero-order chi connectivity index (χ0) is 21.2. The first-order valence-corrected chi connectivity index (χ1v) is 10.1. The van der Waals surface area contributed by atoms with Crippen molar-refractivity contribution >= 4 is 11.5 Å². The fourth-order valence-corrected chi connectivity index (χ4v) is 3.71. The minimum atomic E-state index is -0.0695. The van der Waals surface area contributed by atoms with Gasteiger partial charge in [-0.25, -0.2) is 4.98 Å². The SMILES string of the molecule is COc1ccc(-c2noc(CN3CCN(c4cc(=O)n5ccccc5n4)CC3)n2)cc1. The van der Waals surface area contributed by atoms with Crippen LogP contribution in [0.5, 0.6) is 5.75 Å². The lowest BCUT2D eigenvalue weighted by atomic mass is 10.2. The van der Waals surface area contributed by atoms with E-state index in [4.69, 9.17) is 9.26 Å². The topological polar surface area (TPSA) is 89.0 Å². The lowest BCUT2D eigenvalue weighted by Gasteiger charge is -2.34. The Labute approximate surface area is 178 Å². The fourth-order valence-electron chi connectivity index (χ4n) is 3.71. The lowest BCUT2D eigenvalue weighted by Crippen LogP contribution is -2.46. The molecule has 0 saturated carbocycles. The number of aromatic nitrogens is 4. The Kier molecular flexibility index (Phi) is 5.09. The van der Waals surface area contributed by atoms with Crippen LogP contribution < -0.4 is 15.2 Å². The zero-order valence-corrected chi connectivity index (χ0v) is 17.1. The largest absolute Gasteiger partial charge is 0.497 e. The smallest absolute Gasteiger partial charge is 0.259 e. The van der Waals surface area contributed by atoms with Gasteiger partial charge < -0.3 is 14.2 Å². The molecule has 1 aliphatic rings. The molecule has 0 aliphatic carbocycles. The lowest BCUT2D eigenvalue weighted by molar-refractivity contribution is 0.215. The number of methoxy groups -OCH3 is 1. The van der Waals surface area contributed by atoms with E-state index in [9.17, 15) is 4.79 Å². The molecule has 5 rings (SSSR count). The van der Waals surface area contributed by atoms with Crippen molar-refractivity contribution in [3.63, 3.8) is 0 Å². The summed E-state index contributed by atoms with van der Waals surface area (Å²) < 4.78 is 12.2. The molecule has 1 saturated heterocycles. The first kappa shape index (κ1) is 19.3. The van der Waals surface area contributed by atoms with Crippen molar-refractivity contribution in [2.24, 2.45) is 0 Å². The highest BCUT2D eigenvalue weighted by Gasteiger charge is 2.21. The van der Waals surface area contributed by atoms with Crippen molar-refractivity contribution in [2.45, 2.75) is 6.54 Å². The van der Waals surface area contributed by atoms with E-state index in [1.165, 1.54) is 0 Å². The van der Waals surface area contributed by atoms with Crippen LogP contribution in [0.15, 0.2) is 64.0 Å². The van der Waals surface area contributed by atoms with E-state index >= 15 is 0 Å². The number of hydrogen-bond acceptors (Lipinski definition) is 8. The Morgan fingerprint density at radius 3 is 2.61 bits per heavy atom. The van der Waals surface area contributed by atoms with Crippen molar-refractivity contribution in [1.29, 1.82) is 0 Å². The van der Waals surface area contributed by atoms with E-state index in [0.717, 1.165) is 43.3 Å². The van der Waals surface area contributed by atoms with Crippen LogP contribution in [0.3, 0.4) is 0 Å². The van der Waals surface area contributed by atoms with Gasteiger partial charge in [-0.1, -0.05) is 11.2 Å². The second-order valence-corrected chi connectivity index (χ2v) is 7.38. The fraction of sp³-hybridized carbons (Fsp3) is 0.273. The number of hydrogen-bond donors (Lipinski definition) is 0. The number of benzene rings is 1. The predicted molar refractivity (Wildman–Crippen MR) is 115 cm³/mol. The summed E-state index contributed by atoms with van der Waals surface area (Å²) in [7, 11) is 1.63. The van der Waals surface area contributed by atoms with E-state index in [-0.39, 0.29) is 5.56 Å². The van der Waals surface area contributed by atoms with E-state index in [0.29, 0.717) is 23.9 Å². The summed E-state index contributed by atoms with van der Waals surface area (Å²) in [5.41, 5.74) is 1.47. The van der Waals surface area contributed by atoms with Gasteiger partial charge in [-0.15, -0.1) is 0 Å². The maximum Gasteiger partial charge on any atom is 0.259 e. The van der Waals surface area contributed by atoms with Crippen LogP contribution in [0.1, 0.15) is 5.89 Å². The third-order valence-corrected chi connectivity index (χ3v) is 5.43. The number of pyridine rings is 1. The van der Waals surface area contributed by atoms with Gasteiger partial charge in [-0.3, -0.25) is 14.1 Å². The molecule has 0 spiro atoms. The molecule has 0 radical (unpaired) electrons. The third kappa shape index (κ3) is 3.99. The number of piperazine rings is 1. The predicted octanol–water partition coefficient (Wildman–Crippen LogP) is 2.08. The molecule has 0 atom stereocenters. The number of nitrogens with zero attached hydrogens (tertiary/aromatic N) is 6. The summed E-state index contributed by atoms with van der Waals surface area (Å²) in [6.07, 6.45) is 1.73. The van der Waals surface area contributed by atoms with Gasteiger partial charge in [0.1, 0.15) is 17.2 Å².